The molecule has 12 heteroatoms. The molecule has 2 fully saturated rings. The molecule has 0 radical (unpaired) electrons. The maximum Gasteiger partial charge on any atom is 0.393 e. The summed E-state index contributed by atoms with van der Waals surface area (Å²) < 4.78 is 40.0. The number of benzene rings is 1. The van der Waals surface area contributed by atoms with Gasteiger partial charge in [-0.05, 0) is 43.5 Å². The molecule has 1 spiro atoms. The molecule has 1 aromatic carbocycles. The number of aromatic nitrogens is 4. The monoisotopic (exact) mass is 513 g/mol. The molecule has 186 valence electrons. The van der Waals surface area contributed by atoms with Gasteiger partial charge in [0.2, 0.25) is 0 Å². The Morgan fingerprint density at radius 1 is 1.28 bits per heavy atom. The number of rotatable bonds is 5. The Morgan fingerprint density at radius 2 is 2.11 bits per heavy atom. The van der Waals surface area contributed by atoms with Gasteiger partial charge < -0.3 is 15.2 Å². The molecule has 8 nitrogen and oxygen atoms in total. The van der Waals surface area contributed by atoms with Crippen molar-refractivity contribution in [2.24, 2.45) is 5.41 Å². The Bertz CT molecular complexity index is 1560. The summed E-state index contributed by atoms with van der Waals surface area (Å²) in [6.45, 7) is 8.69. The van der Waals surface area contributed by atoms with Crippen LogP contribution in [0.2, 0.25) is 0 Å². The van der Waals surface area contributed by atoms with Crippen molar-refractivity contribution in [3.63, 3.8) is 0 Å². The molecule has 1 saturated heterocycles. The number of nitrogens with one attached hydrogen (secondary N) is 2. The predicted octanol–water partition coefficient (Wildman–Crippen LogP) is 4.79. The summed E-state index contributed by atoms with van der Waals surface area (Å²) in [5, 5.41) is 4.28. The average molecular weight is 514 g/mol. The number of fused-ring (bicyclic) bond motifs is 2. The van der Waals surface area contributed by atoms with E-state index in [4.69, 9.17) is 6.57 Å². The van der Waals surface area contributed by atoms with E-state index < -0.39 is 12.6 Å². The number of hydrogen-bond donors (Lipinski definition) is 2. The lowest BCUT2D eigenvalue weighted by Crippen LogP contribution is -2.56. The number of hydrogen-bond acceptors (Lipinski definition) is 6. The van der Waals surface area contributed by atoms with Crippen LogP contribution >= 0.6 is 11.3 Å². The average Bonchev–Trinajstić information content (AvgIpc) is 3.47. The van der Waals surface area contributed by atoms with Crippen LogP contribution in [0.3, 0.4) is 0 Å². The van der Waals surface area contributed by atoms with Crippen LogP contribution in [-0.4, -0.2) is 44.8 Å². The smallest absolute Gasteiger partial charge is 0.382 e. The topological polar surface area (TPSA) is 83.2 Å². The zero-order valence-corrected chi connectivity index (χ0v) is 19.9. The minimum Gasteiger partial charge on any atom is -0.382 e. The van der Waals surface area contributed by atoms with Gasteiger partial charge >= 0.3 is 11.9 Å². The van der Waals surface area contributed by atoms with E-state index in [-0.39, 0.29) is 28.7 Å². The van der Waals surface area contributed by atoms with E-state index in [1.807, 2.05) is 18.2 Å². The molecular weight excluding hydrogens is 491 g/mol. The summed E-state index contributed by atoms with van der Waals surface area (Å²) >= 11 is 1.07. The molecule has 0 bridgehead atoms. The van der Waals surface area contributed by atoms with E-state index in [1.165, 1.54) is 10.9 Å². The van der Waals surface area contributed by atoms with Crippen molar-refractivity contribution < 1.29 is 13.2 Å². The van der Waals surface area contributed by atoms with Gasteiger partial charge in [-0.1, -0.05) is 0 Å². The van der Waals surface area contributed by atoms with Gasteiger partial charge in [0.25, 0.3) is 6.67 Å². The van der Waals surface area contributed by atoms with Crippen molar-refractivity contribution in [3.8, 4) is 0 Å². The fraction of sp³-hybridized carbons (Fsp3) is 0.417. The Morgan fingerprint density at radius 3 is 2.89 bits per heavy atom. The second-order valence-electron chi connectivity index (χ2n) is 9.75. The highest BCUT2D eigenvalue weighted by molar-refractivity contribution is 7.18. The molecule has 6 rings (SSSR count). The van der Waals surface area contributed by atoms with E-state index in [0.29, 0.717) is 27.1 Å². The Balaban J connectivity index is 1.14. The zero-order valence-electron chi connectivity index (χ0n) is 19.1. The van der Waals surface area contributed by atoms with E-state index in [1.54, 1.807) is 6.07 Å². The van der Waals surface area contributed by atoms with Gasteiger partial charge in [0.15, 0.2) is 0 Å². The summed E-state index contributed by atoms with van der Waals surface area (Å²) in [5.41, 5.74) is 2.17. The lowest BCUT2D eigenvalue weighted by Gasteiger charge is -2.49. The lowest BCUT2D eigenvalue weighted by molar-refractivity contribution is -0.126. The molecule has 1 unspecified atom stereocenters. The van der Waals surface area contributed by atoms with E-state index in [0.717, 1.165) is 49.4 Å². The Labute approximate surface area is 207 Å². The van der Waals surface area contributed by atoms with Crippen molar-refractivity contribution in [2.75, 3.05) is 23.3 Å². The first-order valence-corrected chi connectivity index (χ1v) is 12.4. The van der Waals surface area contributed by atoms with Crippen LogP contribution in [0.25, 0.3) is 26.1 Å². The molecule has 36 heavy (non-hydrogen) atoms. The third-order valence-electron chi connectivity index (χ3n) is 7.15. The van der Waals surface area contributed by atoms with Gasteiger partial charge in [-0.25, -0.2) is 25.9 Å². The standard InChI is InChI=1S/C24H22F3N7OS/c1-28-13-34-19-6-14(2-3-18(19)32-22(34)35)31-15-4-5-23(8-15)10-33(11-23)20-17-7-16(9-24(25,26)27)36-21(17)30-12-29-20/h2-3,6-7,12,15,31H,4-5,8-11,13H2,(H,32,35). The highest BCUT2D eigenvalue weighted by Gasteiger charge is 2.49. The maximum atomic E-state index is 12.9. The third kappa shape index (κ3) is 4.07. The van der Waals surface area contributed by atoms with Gasteiger partial charge in [-0.3, -0.25) is 4.85 Å². The first-order chi connectivity index (χ1) is 17.2. The second-order valence-corrected chi connectivity index (χ2v) is 10.9. The number of thiophene rings is 1. The SMILES string of the molecule is [C-]#[N+]Cn1c(=O)[nH]c2ccc(NC3CCC4(C3)CN(c3ncnc5sc(CC(F)(F)F)cc35)C4)cc21. The summed E-state index contributed by atoms with van der Waals surface area (Å²) in [4.78, 5) is 29.8. The minimum absolute atomic E-state index is 0.0250. The first kappa shape index (κ1) is 22.8. The van der Waals surface area contributed by atoms with Gasteiger partial charge in [0.1, 0.15) is 17.0 Å². The fourth-order valence-corrected chi connectivity index (χ4v) is 6.67. The molecule has 1 aliphatic heterocycles. The van der Waals surface area contributed by atoms with E-state index >= 15 is 0 Å². The van der Waals surface area contributed by atoms with Crippen molar-refractivity contribution in [2.45, 2.75) is 44.6 Å². The van der Waals surface area contributed by atoms with Gasteiger partial charge in [0, 0.05) is 35.1 Å². The van der Waals surface area contributed by atoms with Crippen molar-refractivity contribution >= 4 is 44.1 Å². The molecule has 2 aliphatic rings. The zero-order chi connectivity index (χ0) is 25.1. The highest BCUT2D eigenvalue weighted by atomic mass is 32.1. The van der Waals surface area contributed by atoms with Crippen LogP contribution in [0.1, 0.15) is 24.1 Å². The van der Waals surface area contributed by atoms with Crippen LogP contribution in [0.15, 0.2) is 35.4 Å². The number of anilines is 2. The fourth-order valence-electron chi connectivity index (χ4n) is 5.65. The molecule has 2 N–H and O–H groups in total. The first-order valence-electron chi connectivity index (χ1n) is 11.6. The summed E-state index contributed by atoms with van der Waals surface area (Å²) in [7, 11) is 0. The predicted molar refractivity (Wildman–Crippen MR) is 132 cm³/mol. The largest absolute Gasteiger partial charge is 0.393 e. The number of H-pyrrole nitrogens is 1. The third-order valence-corrected chi connectivity index (χ3v) is 8.19. The molecule has 1 saturated carbocycles. The van der Waals surface area contributed by atoms with Gasteiger partial charge in [-0.2, -0.15) is 13.2 Å². The normalized spacial score (nSPS) is 19.2. The van der Waals surface area contributed by atoms with Crippen LogP contribution in [0.5, 0.6) is 0 Å². The number of imidazole rings is 1. The van der Waals surface area contributed by atoms with Crippen molar-refractivity contribution in [1.29, 1.82) is 0 Å². The summed E-state index contributed by atoms with van der Waals surface area (Å²) in [6.07, 6.45) is -0.746. The van der Waals surface area contributed by atoms with Crippen LogP contribution in [0, 0.1) is 12.0 Å². The number of halogens is 3. The molecule has 4 heterocycles. The summed E-state index contributed by atoms with van der Waals surface area (Å²) in [6, 6.07) is 7.55. The van der Waals surface area contributed by atoms with Gasteiger partial charge in [0.05, 0.1) is 22.8 Å². The molecular formula is C24H22F3N7OS. The Kier molecular flexibility index (Phi) is 5.22. The van der Waals surface area contributed by atoms with Crippen LogP contribution in [0.4, 0.5) is 24.7 Å². The van der Waals surface area contributed by atoms with E-state index in [2.05, 4.69) is 30.0 Å². The number of nitrogens with zero attached hydrogens (tertiary/aromatic N) is 5. The molecule has 1 aliphatic carbocycles. The summed E-state index contributed by atoms with van der Waals surface area (Å²) in [5.74, 6) is 0.711. The van der Waals surface area contributed by atoms with Gasteiger partial charge in [-0.15, -0.1) is 11.3 Å². The second kappa shape index (κ2) is 8.23. The molecule has 4 aromatic rings. The lowest BCUT2D eigenvalue weighted by atomic mass is 9.78. The number of alkyl halides is 3. The molecule has 0 amide bonds. The van der Waals surface area contributed by atoms with Crippen molar-refractivity contribution in [1.82, 2.24) is 19.5 Å². The highest BCUT2D eigenvalue weighted by Crippen LogP contribution is 2.48. The molecule has 1 atom stereocenters. The van der Waals surface area contributed by atoms with Crippen LogP contribution in [-0.2, 0) is 13.1 Å². The minimum atomic E-state index is -4.25. The van der Waals surface area contributed by atoms with Crippen molar-refractivity contribution in [3.05, 3.63) is 57.4 Å². The quantitative estimate of drug-likeness (QED) is 0.375. The van der Waals surface area contributed by atoms with Crippen LogP contribution < -0.4 is 15.9 Å². The Hall–Kier alpha value is -3.59. The number of aromatic amines is 1. The maximum absolute atomic E-state index is 12.9. The molecule has 3 aromatic heterocycles. The van der Waals surface area contributed by atoms with E-state index in [9.17, 15) is 18.0 Å².